The Labute approximate surface area is 122 Å². The molecular weight excluding hydrogens is 274 g/mol. The van der Waals surface area contributed by atoms with E-state index in [2.05, 4.69) is 0 Å². The SMILES string of the molecule is COc1ccc(C2C([N+](=O)[O-])=C(C)N(C)C(=O)N2C)cc1. The number of hydrogen-bond acceptors (Lipinski definition) is 4. The number of urea groups is 1. The molecule has 2 amide bonds. The number of rotatable bonds is 3. The lowest BCUT2D eigenvalue weighted by molar-refractivity contribution is -0.436. The number of amides is 2. The molecule has 1 heterocycles. The molecule has 7 heteroatoms. The third kappa shape index (κ3) is 2.42. The van der Waals surface area contributed by atoms with Gasteiger partial charge in [-0.3, -0.25) is 15.0 Å². The molecule has 0 radical (unpaired) electrons. The van der Waals surface area contributed by atoms with Gasteiger partial charge in [0, 0.05) is 14.1 Å². The number of hydrogen-bond donors (Lipinski definition) is 0. The first-order chi connectivity index (χ1) is 9.88. The van der Waals surface area contributed by atoms with Crippen LogP contribution in [0.4, 0.5) is 4.79 Å². The van der Waals surface area contributed by atoms with E-state index in [4.69, 9.17) is 4.74 Å². The van der Waals surface area contributed by atoms with Crippen LogP contribution in [-0.4, -0.2) is 42.0 Å². The van der Waals surface area contributed by atoms with Gasteiger partial charge in [0.15, 0.2) is 6.04 Å². The van der Waals surface area contributed by atoms with Crippen molar-refractivity contribution in [1.82, 2.24) is 9.80 Å². The van der Waals surface area contributed by atoms with Crippen LogP contribution in [0.2, 0.25) is 0 Å². The molecule has 0 N–H and O–H groups in total. The van der Waals surface area contributed by atoms with Gasteiger partial charge in [-0.05, 0) is 24.6 Å². The van der Waals surface area contributed by atoms with Gasteiger partial charge in [0.1, 0.15) is 5.75 Å². The predicted molar refractivity (Wildman–Crippen MR) is 76.4 cm³/mol. The molecule has 0 fully saturated rings. The Bertz CT molecular complexity index is 609. The Hall–Kier alpha value is -2.57. The van der Waals surface area contributed by atoms with Crippen molar-refractivity contribution in [1.29, 1.82) is 0 Å². The zero-order chi connectivity index (χ0) is 15.7. The van der Waals surface area contributed by atoms with E-state index in [-0.39, 0.29) is 11.7 Å². The molecule has 7 nitrogen and oxygen atoms in total. The second-order valence-corrected chi connectivity index (χ2v) is 4.86. The summed E-state index contributed by atoms with van der Waals surface area (Å²) in [5.41, 5.74) is 1.03. The Balaban J connectivity index is 2.56. The molecule has 0 spiro atoms. The summed E-state index contributed by atoms with van der Waals surface area (Å²) in [5, 5.41) is 11.4. The van der Waals surface area contributed by atoms with Crippen LogP contribution in [0.1, 0.15) is 18.5 Å². The predicted octanol–water partition coefficient (Wildman–Crippen LogP) is 2.24. The second-order valence-electron chi connectivity index (χ2n) is 4.86. The molecule has 21 heavy (non-hydrogen) atoms. The number of methoxy groups -OCH3 is 1. The maximum atomic E-state index is 12.2. The normalized spacial score (nSPS) is 19.0. The molecule has 1 aliphatic rings. The van der Waals surface area contributed by atoms with Crippen LogP contribution in [0.25, 0.3) is 0 Å². The molecular formula is C14H17N3O4. The van der Waals surface area contributed by atoms with E-state index in [1.165, 1.54) is 16.8 Å². The molecule has 0 saturated heterocycles. The molecule has 0 saturated carbocycles. The van der Waals surface area contributed by atoms with Gasteiger partial charge < -0.3 is 9.64 Å². The molecule has 1 aromatic rings. The van der Waals surface area contributed by atoms with Crippen LogP contribution in [0.3, 0.4) is 0 Å². The zero-order valence-corrected chi connectivity index (χ0v) is 12.4. The monoisotopic (exact) mass is 291 g/mol. The summed E-state index contributed by atoms with van der Waals surface area (Å²) in [6.45, 7) is 1.58. The fraction of sp³-hybridized carbons (Fsp3) is 0.357. The number of ether oxygens (including phenoxy) is 1. The molecule has 0 bridgehead atoms. The van der Waals surface area contributed by atoms with Crippen LogP contribution in [0.5, 0.6) is 5.75 Å². The van der Waals surface area contributed by atoms with Crippen molar-refractivity contribution in [3.05, 3.63) is 51.3 Å². The third-order valence-corrected chi connectivity index (χ3v) is 3.74. The summed E-state index contributed by atoms with van der Waals surface area (Å²) in [5.74, 6) is 0.656. The van der Waals surface area contributed by atoms with Crippen molar-refractivity contribution in [3.63, 3.8) is 0 Å². The topological polar surface area (TPSA) is 75.9 Å². The zero-order valence-electron chi connectivity index (χ0n) is 12.4. The van der Waals surface area contributed by atoms with E-state index in [1.54, 1.807) is 45.3 Å². The number of carbonyl (C=O) groups is 1. The molecule has 1 atom stereocenters. The van der Waals surface area contributed by atoms with Crippen LogP contribution in [-0.2, 0) is 0 Å². The number of carbonyl (C=O) groups excluding carboxylic acids is 1. The maximum absolute atomic E-state index is 12.2. The Morgan fingerprint density at radius 1 is 1.24 bits per heavy atom. The van der Waals surface area contributed by atoms with Gasteiger partial charge in [0.2, 0.25) is 0 Å². The van der Waals surface area contributed by atoms with Crippen molar-refractivity contribution < 1.29 is 14.5 Å². The lowest BCUT2D eigenvalue weighted by atomic mass is 9.99. The summed E-state index contributed by atoms with van der Waals surface area (Å²) in [7, 11) is 4.64. The van der Waals surface area contributed by atoms with Gasteiger partial charge in [-0.15, -0.1) is 0 Å². The van der Waals surface area contributed by atoms with Crippen molar-refractivity contribution in [3.8, 4) is 5.75 Å². The van der Waals surface area contributed by atoms with Crippen molar-refractivity contribution in [2.45, 2.75) is 13.0 Å². The van der Waals surface area contributed by atoms with Gasteiger partial charge >= 0.3 is 6.03 Å². The fourth-order valence-corrected chi connectivity index (χ4v) is 2.44. The summed E-state index contributed by atoms with van der Waals surface area (Å²) in [6.07, 6.45) is 0. The van der Waals surface area contributed by atoms with E-state index in [9.17, 15) is 14.9 Å². The summed E-state index contributed by atoms with van der Waals surface area (Å²) in [6, 6.07) is 5.91. The van der Waals surface area contributed by atoms with Crippen molar-refractivity contribution >= 4 is 6.03 Å². The smallest absolute Gasteiger partial charge is 0.324 e. The van der Waals surface area contributed by atoms with Gasteiger partial charge in [-0.2, -0.15) is 0 Å². The quantitative estimate of drug-likeness (QED) is 0.632. The average molecular weight is 291 g/mol. The van der Waals surface area contributed by atoms with E-state index in [1.807, 2.05) is 0 Å². The highest BCUT2D eigenvalue weighted by molar-refractivity contribution is 5.78. The summed E-state index contributed by atoms with van der Waals surface area (Å²) in [4.78, 5) is 25.8. The van der Waals surface area contributed by atoms with Gasteiger partial charge in [0.05, 0.1) is 17.7 Å². The Morgan fingerprint density at radius 2 is 1.81 bits per heavy atom. The molecule has 2 rings (SSSR count). The van der Waals surface area contributed by atoms with Crippen molar-refractivity contribution in [2.75, 3.05) is 21.2 Å². The second kappa shape index (κ2) is 5.43. The van der Waals surface area contributed by atoms with Gasteiger partial charge in [-0.25, -0.2) is 4.79 Å². The van der Waals surface area contributed by atoms with Gasteiger partial charge in [-0.1, -0.05) is 12.1 Å². The van der Waals surface area contributed by atoms with E-state index in [0.29, 0.717) is 17.0 Å². The Morgan fingerprint density at radius 3 is 2.29 bits per heavy atom. The number of benzene rings is 1. The standard InChI is InChI=1S/C14H17N3O4/c1-9-12(17(19)20)13(16(3)14(18)15(9)2)10-5-7-11(21-4)8-6-10/h5-8,13H,1-4H3. The molecule has 0 aromatic heterocycles. The Kier molecular flexibility index (Phi) is 3.84. The first-order valence-corrected chi connectivity index (χ1v) is 6.38. The van der Waals surface area contributed by atoms with Crippen molar-refractivity contribution in [2.24, 2.45) is 0 Å². The van der Waals surface area contributed by atoms with E-state index >= 15 is 0 Å². The van der Waals surface area contributed by atoms with E-state index < -0.39 is 11.0 Å². The lowest BCUT2D eigenvalue weighted by Crippen LogP contribution is -2.47. The minimum absolute atomic E-state index is 0.00441. The molecule has 0 aliphatic carbocycles. The van der Waals surface area contributed by atoms with Gasteiger partial charge in [0.25, 0.3) is 5.70 Å². The number of nitrogens with zero attached hydrogens (tertiary/aromatic N) is 3. The first-order valence-electron chi connectivity index (χ1n) is 6.38. The first kappa shape index (κ1) is 14.8. The fourth-order valence-electron chi connectivity index (χ4n) is 2.44. The van der Waals surface area contributed by atoms with Crippen LogP contribution < -0.4 is 4.74 Å². The average Bonchev–Trinajstić information content (AvgIpc) is 2.48. The number of allylic oxidation sites excluding steroid dienone is 1. The summed E-state index contributed by atoms with van der Waals surface area (Å²) < 4.78 is 5.08. The molecule has 1 unspecified atom stereocenters. The minimum atomic E-state index is -0.713. The van der Waals surface area contributed by atoms with E-state index in [0.717, 1.165) is 0 Å². The number of nitro groups is 1. The lowest BCUT2D eigenvalue weighted by Gasteiger charge is -2.36. The highest BCUT2D eigenvalue weighted by atomic mass is 16.6. The third-order valence-electron chi connectivity index (χ3n) is 3.74. The van der Waals surface area contributed by atoms with Crippen LogP contribution in [0.15, 0.2) is 35.7 Å². The highest BCUT2D eigenvalue weighted by Gasteiger charge is 2.42. The summed E-state index contributed by atoms with van der Waals surface area (Å²) >= 11 is 0. The highest BCUT2D eigenvalue weighted by Crippen LogP contribution is 2.36. The number of likely N-dealkylation sites (N-methyl/N-ethyl adjacent to an activating group) is 1. The molecule has 1 aromatic carbocycles. The molecule has 112 valence electrons. The van der Waals surface area contributed by atoms with Crippen LogP contribution in [0, 0.1) is 10.1 Å². The molecule has 1 aliphatic heterocycles. The largest absolute Gasteiger partial charge is 0.497 e. The van der Waals surface area contributed by atoms with Crippen LogP contribution >= 0.6 is 0 Å². The maximum Gasteiger partial charge on any atom is 0.324 e. The minimum Gasteiger partial charge on any atom is -0.497 e.